The van der Waals surface area contributed by atoms with Crippen LogP contribution in [0.25, 0.3) is 0 Å². The first-order chi connectivity index (χ1) is 13.8. The summed E-state index contributed by atoms with van der Waals surface area (Å²) in [6, 6.07) is -1.07. The van der Waals surface area contributed by atoms with Gasteiger partial charge in [0.2, 0.25) is 17.7 Å². The zero-order chi connectivity index (χ0) is 21.3. The SMILES string of the molecule is CCCNC(=O)[C@@H]1[C@@H]2CCC3(S2)C(C(=O)NC(C)CCC)N([C@H](C)CO)C(=O)[C@H]13. The minimum atomic E-state index is -0.638. The number of thioether (sulfide) groups is 1. The molecule has 0 aromatic carbocycles. The van der Waals surface area contributed by atoms with Crippen LogP contribution in [0.5, 0.6) is 0 Å². The summed E-state index contributed by atoms with van der Waals surface area (Å²) in [6.45, 7) is 8.21. The van der Waals surface area contributed by atoms with Crippen LogP contribution in [0.4, 0.5) is 0 Å². The first-order valence-corrected chi connectivity index (χ1v) is 11.9. The highest BCUT2D eigenvalue weighted by Crippen LogP contribution is 2.66. The molecule has 0 saturated carbocycles. The quantitative estimate of drug-likeness (QED) is 0.517. The highest BCUT2D eigenvalue weighted by atomic mass is 32.2. The van der Waals surface area contributed by atoms with Crippen molar-refractivity contribution in [3.05, 3.63) is 0 Å². The Morgan fingerprint density at radius 3 is 2.62 bits per heavy atom. The molecule has 3 saturated heterocycles. The highest BCUT2D eigenvalue weighted by Gasteiger charge is 2.73. The second kappa shape index (κ2) is 8.84. The maximum absolute atomic E-state index is 13.5. The molecule has 1 spiro atoms. The zero-order valence-electron chi connectivity index (χ0n) is 17.9. The average Bonchev–Trinajstić information content (AvgIpc) is 3.32. The molecule has 7 nitrogen and oxygen atoms in total. The molecule has 8 heteroatoms. The van der Waals surface area contributed by atoms with Crippen LogP contribution in [-0.2, 0) is 14.4 Å². The molecule has 7 atom stereocenters. The van der Waals surface area contributed by atoms with Gasteiger partial charge in [0.15, 0.2) is 0 Å². The van der Waals surface area contributed by atoms with Gasteiger partial charge in [0, 0.05) is 17.8 Å². The Bertz CT molecular complexity index is 660. The molecule has 3 N–H and O–H groups in total. The monoisotopic (exact) mass is 425 g/mol. The number of nitrogens with one attached hydrogen (secondary N) is 2. The van der Waals surface area contributed by atoms with E-state index in [1.807, 2.05) is 13.8 Å². The predicted octanol–water partition coefficient (Wildman–Crippen LogP) is 1.29. The molecule has 3 unspecified atom stereocenters. The van der Waals surface area contributed by atoms with E-state index in [4.69, 9.17) is 0 Å². The summed E-state index contributed by atoms with van der Waals surface area (Å²) in [6.07, 6.45) is 4.27. The molecule has 3 fully saturated rings. The van der Waals surface area contributed by atoms with Gasteiger partial charge in [-0.2, -0.15) is 0 Å². The summed E-state index contributed by atoms with van der Waals surface area (Å²) in [5.74, 6) is -1.26. The summed E-state index contributed by atoms with van der Waals surface area (Å²) >= 11 is 1.67. The number of amides is 3. The van der Waals surface area contributed by atoms with Gasteiger partial charge >= 0.3 is 0 Å². The third-order valence-corrected chi connectivity index (χ3v) is 8.64. The first-order valence-electron chi connectivity index (χ1n) is 11.0. The molecule has 2 bridgehead atoms. The van der Waals surface area contributed by atoms with Crippen molar-refractivity contribution < 1.29 is 19.5 Å². The van der Waals surface area contributed by atoms with Crippen LogP contribution in [-0.4, -0.2) is 69.0 Å². The zero-order valence-corrected chi connectivity index (χ0v) is 18.8. The standard InChI is InChI=1S/C21H35N3O4S/c1-5-7-12(3)23-19(27)17-21-9-8-14(29-21)15(18(26)22-10-6-2)16(21)20(28)24(17)13(4)11-25/h12-17,25H,5-11H2,1-4H3,(H,22,26)(H,23,27)/t12?,13-,14+,15-,16+,17?,21?/m1/s1. The van der Waals surface area contributed by atoms with Gasteiger partial charge in [0.25, 0.3) is 0 Å². The highest BCUT2D eigenvalue weighted by molar-refractivity contribution is 8.02. The molecule has 3 amide bonds. The van der Waals surface area contributed by atoms with E-state index >= 15 is 0 Å². The smallest absolute Gasteiger partial charge is 0.244 e. The molecular weight excluding hydrogens is 390 g/mol. The fourth-order valence-electron chi connectivity index (χ4n) is 5.45. The molecule has 3 heterocycles. The molecule has 3 aliphatic heterocycles. The van der Waals surface area contributed by atoms with Gasteiger partial charge in [-0.05, 0) is 39.5 Å². The normalized spacial score (nSPS) is 34.8. The number of carbonyl (C=O) groups is 3. The van der Waals surface area contributed by atoms with Crippen LogP contribution >= 0.6 is 11.8 Å². The third-order valence-electron chi connectivity index (χ3n) is 6.69. The maximum Gasteiger partial charge on any atom is 0.244 e. The molecule has 0 radical (unpaired) electrons. The molecule has 0 aliphatic carbocycles. The van der Waals surface area contributed by atoms with E-state index in [0.29, 0.717) is 6.54 Å². The van der Waals surface area contributed by atoms with Crippen molar-refractivity contribution in [2.75, 3.05) is 13.2 Å². The summed E-state index contributed by atoms with van der Waals surface area (Å²) in [5.41, 5.74) is 0. The van der Waals surface area contributed by atoms with Gasteiger partial charge in [-0.3, -0.25) is 14.4 Å². The van der Waals surface area contributed by atoms with Crippen LogP contribution in [0.15, 0.2) is 0 Å². The summed E-state index contributed by atoms with van der Waals surface area (Å²) < 4.78 is -0.574. The largest absolute Gasteiger partial charge is 0.394 e. The number of rotatable bonds is 9. The van der Waals surface area contributed by atoms with Gasteiger partial charge in [0.05, 0.1) is 29.2 Å². The number of likely N-dealkylation sites (tertiary alicyclic amines) is 1. The fourth-order valence-corrected chi connectivity index (χ4v) is 7.65. The number of carbonyl (C=O) groups excluding carboxylic acids is 3. The van der Waals surface area contributed by atoms with Crippen molar-refractivity contribution in [1.29, 1.82) is 0 Å². The topological polar surface area (TPSA) is 98.7 Å². The lowest BCUT2D eigenvalue weighted by Crippen LogP contribution is -2.57. The lowest BCUT2D eigenvalue weighted by Gasteiger charge is -2.36. The molecule has 3 rings (SSSR count). The molecule has 3 aliphatic rings. The van der Waals surface area contributed by atoms with Crippen molar-refractivity contribution in [2.45, 2.75) is 87.9 Å². The van der Waals surface area contributed by atoms with Crippen molar-refractivity contribution in [3.63, 3.8) is 0 Å². The molecule has 0 aromatic rings. The first kappa shape index (κ1) is 22.4. The number of hydrogen-bond acceptors (Lipinski definition) is 5. The Balaban J connectivity index is 1.94. The average molecular weight is 426 g/mol. The number of nitrogens with zero attached hydrogens (tertiary/aromatic N) is 1. The van der Waals surface area contributed by atoms with Crippen molar-refractivity contribution in [3.8, 4) is 0 Å². The Kier molecular flexibility index (Phi) is 6.83. The van der Waals surface area contributed by atoms with Crippen LogP contribution in [0.1, 0.15) is 59.8 Å². The maximum atomic E-state index is 13.5. The van der Waals surface area contributed by atoms with Crippen LogP contribution in [0.2, 0.25) is 0 Å². The predicted molar refractivity (Wildman–Crippen MR) is 113 cm³/mol. The van der Waals surface area contributed by atoms with Crippen LogP contribution < -0.4 is 10.6 Å². The van der Waals surface area contributed by atoms with Crippen molar-refractivity contribution >= 4 is 29.5 Å². The van der Waals surface area contributed by atoms with E-state index in [2.05, 4.69) is 17.6 Å². The number of fused-ring (bicyclic) bond motifs is 1. The minimum absolute atomic E-state index is 0.0246. The van der Waals surface area contributed by atoms with E-state index in [-0.39, 0.29) is 35.6 Å². The van der Waals surface area contributed by atoms with Gasteiger partial charge in [-0.25, -0.2) is 0 Å². The van der Waals surface area contributed by atoms with E-state index < -0.39 is 28.7 Å². The minimum Gasteiger partial charge on any atom is -0.394 e. The lowest BCUT2D eigenvalue weighted by atomic mass is 9.70. The summed E-state index contributed by atoms with van der Waals surface area (Å²) in [5, 5.41) is 15.9. The Morgan fingerprint density at radius 2 is 2.00 bits per heavy atom. The molecule has 164 valence electrons. The third kappa shape index (κ3) is 3.67. The van der Waals surface area contributed by atoms with Gasteiger partial charge in [-0.1, -0.05) is 20.3 Å². The van der Waals surface area contributed by atoms with Gasteiger partial charge in [-0.15, -0.1) is 11.8 Å². The van der Waals surface area contributed by atoms with Crippen LogP contribution in [0, 0.1) is 11.8 Å². The van der Waals surface area contributed by atoms with E-state index in [0.717, 1.165) is 32.1 Å². The van der Waals surface area contributed by atoms with Gasteiger partial charge < -0.3 is 20.6 Å². The van der Waals surface area contributed by atoms with Gasteiger partial charge in [0.1, 0.15) is 6.04 Å². The van der Waals surface area contributed by atoms with E-state index in [1.165, 1.54) is 0 Å². The number of aliphatic hydroxyl groups excluding tert-OH is 1. The molecule has 0 aromatic heterocycles. The van der Waals surface area contributed by atoms with Crippen molar-refractivity contribution in [2.24, 2.45) is 11.8 Å². The molecule has 29 heavy (non-hydrogen) atoms. The Labute approximate surface area is 177 Å². The molecular formula is C21H35N3O4S. The Hall–Kier alpha value is -1.28. The Morgan fingerprint density at radius 1 is 1.28 bits per heavy atom. The van der Waals surface area contributed by atoms with Crippen LogP contribution in [0.3, 0.4) is 0 Å². The van der Waals surface area contributed by atoms with E-state index in [9.17, 15) is 19.5 Å². The summed E-state index contributed by atoms with van der Waals surface area (Å²) in [7, 11) is 0. The summed E-state index contributed by atoms with van der Waals surface area (Å²) in [4.78, 5) is 41.4. The number of hydrogen-bond donors (Lipinski definition) is 3. The second-order valence-electron chi connectivity index (χ2n) is 8.82. The van der Waals surface area contributed by atoms with Crippen molar-refractivity contribution in [1.82, 2.24) is 15.5 Å². The fraction of sp³-hybridized carbons (Fsp3) is 0.857. The van der Waals surface area contributed by atoms with E-state index in [1.54, 1.807) is 23.6 Å². The second-order valence-corrected chi connectivity index (χ2v) is 10.4. The number of aliphatic hydroxyl groups is 1. The lowest BCUT2D eigenvalue weighted by molar-refractivity contribution is -0.142.